The minimum Gasteiger partial charge on any atom is -0.375 e. The van der Waals surface area contributed by atoms with Crippen LogP contribution in [0.4, 0.5) is 11.4 Å². The summed E-state index contributed by atoms with van der Waals surface area (Å²) in [5.41, 5.74) is 1.60. The summed E-state index contributed by atoms with van der Waals surface area (Å²) in [4.78, 5) is 16.9. The largest absolute Gasteiger partial charge is 0.375 e. The maximum absolute atomic E-state index is 11.1. The van der Waals surface area contributed by atoms with Gasteiger partial charge in [-0.25, -0.2) is 0 Å². The Labute approximate surface area is 145 Å². The molecule has 1 N–H and O–H groups in total. The van der Waals surface area contributed by atoms with Crippen molar-refractivity contribution in [3.05, 3.63) is 63.4 Å². The molecule has 0 unspecified atom stereocenters. The minimum atomic E-state index is -0.453. The summed E-state index contributed by atoms with van der Waals surface area (Å²) in [6.45, 7) is 2.83. The number of likely N-dealkylation sites (tertiary alicyclic amines) is 1. The number of piperidine rings is 1. The maximum atomic E-state index is 11.1. The van der Waals surface area contributed by atoms with E-state index in [2.05, 4.69) is 27.3 Å². The van der Waals surface area contributed by atoms with Crippen molar-refractivity contribution in [1.82, 2.24) is 9.88 Å². The standard InChI is InChI=1S/C17H19ClN4O2/c18-15-10-19-11-16(22(23)24)17(15)20-14-6-8-21(9-7-14)12-13-4-2-1-3-5-13/h1-5,10-11,14H,6-9,12H2,(H,19,20). The molecule has 1 aromatic heterocycles. The van der Waals surface area contributed by atoms with E-state index in [0.29, 0.717) is 5.69 Å². The molecule has 0 aliphatic carbocycles. The Kier molecular flexibility index (Phi) is 5.27. The second kappa shape index (κ2) is 7.59. The van der Waals surface area contributed by atoms with Gasteiger partial charge in [0, 0.05) is 31.9 Å². The van der Waals surface area contributed by atoms with Crippen molar-refractivity contribution < 1.29 is 4.92 Å². The lowest BCUT2D eigenvalue weighted by Crippen LogP contribution is -2.38. The van der Waals surface area contributed by atoms with E-state index in [9.17, 15) is 10.1 Å². The highest BCUT2D eigenvalue weighted by molar-refractivity contribution is 6.33. The van der Waals surface area contributed by atoms with Crippen molar-refractivity contribution in [2.75, 3.05) is 18.4 Å². The lowest BCUT2D eigenvalue weighted by atomic mass is 10.0. The Morgan fingerprint density at radius 2 is 1.96 bits per heavy atom. The zero-order valence-electron chi connectivity index (χ0n) is 13.2. The van der Waals surface area contributed by atoms with Gasteiger partial charge < -0.3 is 5.32 Å². The fourth-order valence-corrected chi connectivity index (χ4v) is 3.19. The first-order valence-electron chi connectivity index (χ1n) is 7.94. The van der Waals surface area contributed by atoms with Crippen LogP contribution in [0.5, 0.6) is 0 Å². The van der Waals surface area contributed by atoms with Gasteiger partial charge in [0.1, 0.15) is 11.9 Å². The number of nitrogens with one attached hydrogen (secondary N) is 1. The van der Waals surface area contributed by atoms with Crippen molar-refractivity contribution in [3.8, 4) is 0 Å². The van der Waals surface area contributed by atoms with Crippen LogP contribution in [0.1, 0.15) is 18.4 Å². The predicted molar refractivity (Wildman–Crippen MR) is 94.3 cm³/mol. The second-order valence-corrected chi connectivity index (χ2v) is 6.36. The molecular weight excluding hydrogens is 328 g/mol. The molecule has 1 aromatic carbocycles. The third-order valence-corrected chi connectivity index (χ3v) is 4.55. The lowest BCUT2D eigenvalue weighted by Gasteiger charge is -2.32. The normalized spacial score (nSPS) is 16.0. The van der Waals surface area contributed by atoms with Crippen molar-refractivity contribution in [1.29, 1.82) is 0 Å². The number of halogens is 1. The number of nitrogens with zero attached hydrogens (tertiary/aromatic N) is 3. The highest BCUT2D eigenvalue weighted by Crippen LogP contribution is 2.32. The van der Waals surface area contributed by atoms with Crippen LogP contribution in [0.2, 0.25) is 5.02 Å². The van der Waals surface area contributed by atoms with Crippen LogP contribution in [0.15, 0.2) is 42.7 Å². The minimum absolute atomic E-state index is 0.0748. The van der Waals surface area contributed by atoms with E-state index in [4.69, 9.17) is 11.6 Å². The van der Waals surface area contributed by atoms with E-state index in [1.165, 1.54) is 18.0 Å². The average molecular weight is 347 g/mol. The molecule has 2 aromatic rings. The van der Waals surface area contributed by atoms with Gasteiger partial charge in [0.15, 0.2) is 0 Å². The van der Waals surface area contributed by atoms with E-state index in [1.54, 1.807) is 0 Å². The van der Waals surface area contributed by atoms with Crippen LogP contribution >= 0.6 is 11.6 Å². The van der Waals surface area contributed by atoms with Crippen molar-refractivity contribution in [2.45, 2.75) is 25.4 Å². The first-order chi connectivity index (χ1) is 11.6. The Hall–Kier alpha value is -2.18. The fourth-order valence-electron chi connectivity index (χ4n) is 2.99. The van der Waals surface area contributed by atoms with Crippen molar-refractivity contribution >= 4 is 23.0 Å². The highest BCUT2D eigenvalue weighted by atomic mass is 35.5. The molecule has 1 aliphatic heterocycles. The monoisotopic (exact) mass is 346 g/mol. The zero-order valence-corrected chi connectivity index (χ0v) is 13.9. The van der Waals surface area contributed by atoms with Crippen LogP contribution in [-0.4, -0.2) is 33.9 Å². The van der Waals surface area contributed by atoms with Gasteiger partial charge in [-0.15, -0.1) is 0 Å². The molecule has 7 heteroatoms. The Bertz CT molecular complexity index is 703. The quantitative estimate of drug-likeness (QED) is 0.660. The Morgan fingerprint density at radius 1 is 1.25 bits per heavy atom. The lowest BCUT2D eigenvalue weighted by molar-refractivity contribution is -0.384. The number of nitro groups is 1. The molecule has 126 valence electrons. The van der Waals surface area contributed by atoms with Gasteiger partial charge in [-0.3, -0.25) is 20.0 Å². The fraction of sp³-hybridized carbons (Fsp3) is 0.353. The summed E-state index contributed by atoms with van der Waals surface area (Å²) < 4.78 is 0. The molecule has 0 radical (unpaired) electrons. The summed E-state index contributed by atoms with van der Waals surface area (Å²) in [5.74, 6) is 0. The number of rotatable bonds is 5. The first kappa shape index (κ1) is 16.7. The first-order valence-corrected chi connectivity index (χ1v) is 8.32. The number of pyridine rings is 1. The molecule has 1 saturated heterocycles. The second-order valence-electron chi connectivity index (χ2n) is 5.95. The third kappa shape index (κ3) is 4.01. The SMILES string of the molecule is O=[N+]([O-])c1cncc(Cl)c1NC1CCN(Cc2ccccc2)CC1. The van der Waals surface area contributed by atoms with Gasteiger partial charge in [-0.05, 0) is 18.4 Å². The van der Waals surface area contributed by atoms with Gasteiger partial charge in [0.05, 0.1) is 9.95 Å². The molecule has 0 atom stereocenters. The van der Waals surface area contributed by atoms with Crippen LogP contribution in [-0.2, 0) is 6.54 Å². The molecule has 6 nitrogen and oxygen atoms in total. The molecule has 2 heterocycles. The van der Waals surface area contributed by atoms with E-state index in [-0.39, 0.29) is 16.8 Å². The van der Waals surface area contributed by atoms with Crippen LogP contribution in [0.3, 0.4) is 0 Å². The van der Waals surface area contributed by atoms with E-state index in [0.717, 1.165) is 32.5 Å². The van der Waals surface area contributed by atoms with Gasteiger partial charge in [-0.1, -0.05) is 41.9 Å². The Morgan fingerprint density at radius 3 is 2.62 bits per heavy atom. The third-order valence-electron chi connectivity index (χ3n) is 4.26. The topological polar surface area (TPSA) is 71.3 Å². The average Bonchev–Trinajstić information content (AvgIpc) is 2.59. The molecule has 1 fully saturated rings. The number of benzene rings is 1. The molecular formula is C17H19ClN4O2. The zero-order chi connectivity index (χ0) is 16.9. The van der Waals surface area contributed by atoms with Crippen LogP contribution in [0, 0.1) is 10.1 Å². The van der Waals surface area contributed by atoms with Gasteiger partial charge in [0.25, 0.3) is 0 Å². The highest BCUT2D eigenvalue weighted by Gasteiger charge is 2.24. The summed E-state index contributed by atoms with van der Waals surface area (Å²) in [6.07, 6.45) is 4.51. The molecule has 1 aliphatic rings. The summed E-state index contributed by atoms with van der Waals surface area (Å²) in [5, 5.41) is 14.7. The maximum Gasteiger partial charge on any atom is 0.311 e. The molecule has 0 bridgehead atoms. The van der Waals surface area contributed by atoms with Gasteiger partial charge in [0.2, 0.25) is 0 Å². The van der Waals surface area contributed by atoms with Gasteiger partial charge in [-0.2, -0.15) is 0 Å². The number of hydrogen-bond acceptors (Lipinski definition) is 5. The summed E-state index contributed by atoms with van der Waals surface area (Å²) in [6, 6.07) is 10.6. The molecule has 0 spiro atoms. The number of hydrogen-bond donors (Lipinski definition) is 1. The molecule has 0 amide bonds. The van der Waals surface area contributed by atoms with Gasteiger partial charge >= 0.3 is 5.69 Å². The van der Waals surface area contributed by atoms with E-state index in [1.807, 2.05) is 18.2 Å². The van der Waals surface area contributed by atoms with Crippen LogP contribution in [0.25, 0.3) is 0 Å². The Balaban J connectivity index is 1.59. The predicted octanol–water partition coefficient (Wildman–Crippen LogP) is 3.72. The van der Waals surface area contributed by atoms with Crippen LogP contribution < -0.4 is 5.32 Å². The smallest absolute Gasteiger partial charge is 0.311 e. The number of anilines is 1. The number of aromatic nitrogens is 1. The molecule has 0 saturated carbocycles. The molecule has 24 heavy (non-hydrogen) atoms. The molecule has 3 rings (SSSR count). The summed E-state index contributed by atoms with van der Waals surface area (Å²) in [7, 11) is 0. The van der Waals surface area contributed by atoms with Crippen molar-refractivity contribution in [2.24, 2.45) is 0 Å². The van der Waals surface area contributed by atoms with E-state index >= 15 is 0 Å². The van der Waals surface area contributed by atoms with E-state index < -0.39 is 4.92 Å². The summed E-state index contributed by atoms with van der Waals surface area (Å²) >= 11 is 6.09. The van der Waals surface area contributed by atoms with Crippen molar-refractivity contribution in [3.63, 3.8) is 0 Å².